The first kappa shape index (κ1) is 19.2. The number of benzene rings is 1. The lowest BCUT2D eigenvalue weighted by molar-refractivity contribution is -0.147. The molecule has 1 aromatic carbocycles. The highest BCUT2D eigenvalue weighted by Crippen LogP contribution is 2.10. The first-order valence-electron chi connectivity index (χ1n) is 8.39. The first-order valence-corrected chi connectivity index (χ1v) is 8.39. The van der Waals surface area contributed by atoms with Crippen LogP contribution in [0, 0.1) is 5.92 Å². The Bertz CT molecular complexity index is 713. The fraction of sp³-hybridized carbons (Fsp3) is 0.316. The smallest absolute Gasteiger partial charge is 0.311 e. The van der Waals surface area contributed by atoms with E-state index in [0.717, 1.165) is 5.56 Å². The molecule has 2 rings (SSSR count). The minimum Gasteiger partial charge on any atom is -0.466 e. The van der Waals surface area contributed by atoms with Gasteiger partial charge in [-0.2, -0.15) is 0 Å². The molecule has 7 heteroatoms. The van der Waals surface area contributed by atoms with Crippen LogP contribution < -0.4 is 10.6 Å². The van der Waals surface area contributed by atoms with Crippen molar-refractivity contribution in [1.82, 2.24) is 10.6 Å². The van der Waals surface area contributed by atoms with Crippen LogP contribution >= 0.6 is 0 Å². The van der Waals surface area contributed by atoms with Gasteiger partial charge in [0, 0.05) is 6.54 Å². The lowest BCUT2D eigenvalue weighted by Crippen LogP contribution is -2.41. The van der Waals surface area contributed by atoms with Crippen molar-refractivity contribution in [3.05, 3.63) is 60.1 Å². The van der Waals surface area contributed by atoms with E-state index in [0.29, 0.717) is 6.42 Å². The zero-order valence-electron chi connectivity index (χ0n) is 14.6. The molecular weight excluding hydrogens is 336 g/mol. The Kier molecular flexibility index (Phi) is 7.42. The molecule has 1 atom stereocenters. The highest BCUT2D eigenvalue weighted by molar-refractivity contribution is 5.94. The van der Waals surface area contributed by atoms with Gasteiger partial charge in [-0.15, -0.1) is 0 Å². The number of ether oxygens (including phenoxy) is 1. The average Bonchev–Trinajstić information content (AvgIpc) is 3.19. The maximum Gasteiger partial charge on any atom is 0.311 e. The van der Waals surface area contributed by atoms with Gasteiger partial charge in [0.15, 0.2) is 5.76 Å². The van der Waals surface area contributed by atoms with Gasteiger partial charge < -0.3 is 19.8 Å². The Hall–Kier alpha value is -3.09. The molecule has 2 aromatic rings. The molecule has 2 N–H and O–H groups in total. The summed E-state index contributed by atoms with van der Waals surface area (Å²) in [6.45, 7) is 1.93. The van der Waals surface area contributed by atoms with Crippen LogP contribution in [0.15, 0.2) is 53.1 Å². The molecule has 0 aliphatic rings. The van der Waals surface area contributed by atoms with E-state index in [2.05, 4.69) is 10.6 Å². The van der Waals surface area contributed by atoms with Gasteiger partial charge in [-0.3, -0.25) is 14.4 Å². The van der Waals surface area contributed by atoms with Crippen LogP contribution in [0.5, 0.6) is 0 Å². The Balaban J connectivity index is 1.84. The summed E-state index contributed by atoms with van der Waals surface area (Å²) in [5, 5.41) is 5.11. The molecule has 2 amide bonds. The minimum absolute atomic E-state index is 0.128. The number of carbonyl (C=O) groups excluding carboxylic acids is 3. The van der Waals surface area contributed by atoms with E-state index in [4.69, 9.17) is 9.15 Å². The van der Waals surface area contributed by atoms with E-state index in [-0.39, 0.29) is 31.4 Å². The van der Waals surface area contributed by atoms with Crippen LogP contribution in [0.1, 0.15) is 23.0 Å². The van der Waals surface area contributed by atoms with Crippen LogP contribution in [-0.2, 0) is 20.7 Å². The molecule has 26 heavy (non-hydrogen) atoms. The van der Waals surface area contributed by atoms with Gasteiger partial charge in [0.05, 0.1) is 25.3 Å². The molecule has 0 saturated carbocycles. The summed E-state index contributed by atoms with van der Waals surface area (Å²) in [5.74, 6) is -1.60. The lowest BCUT2D eigenvalue weighted by atomic mass is 9.99. The topological polar surface area (TPSA) is 97.6 Å². The summed E-state index contributed by atoms with van der Waals surface area (Å²) >= 11 is 0. The van der Waals surface area contributed by atoms with Crippen molar-refractivity contribution >= 4 is 17.8 Å². The number of hydrogen-bond acceptors (Lipinski definition) is 5. The maximum atomic E-state index is 12.1. The molecule has 0 fully saturated rings. The van der Waals surface area contributed by atoms with Crippen LogP contribution in [0.25, 0.3) is 0 Å². The molecule has 0 radical (unpaired) electrons. The largest absolute Gasteiger partial charge is 0.466 e. The fourth-order valence-corrected chi connectivity index (χ4v) is 2.35. The highest BCUT2D eigenvalue weighted by Gasteiger charge is 2.21. The Morgan fingerprint density at radius 1 is 1.08 bits per heavy atom. The second kappa shape index (κ2) is 10.0. The number of furan rings is 1. The monoisotopic (exact) mass is 358 g/mol. The summed E-state index contributed by atoms with van der Waals surface area (Å²) in [4.78, 5) is 35.8. The second-order valence-corrected chi connectivity index (χ2v) is 5.60. The number of rotatable bonds is 9. The normalized spacial score (nSPS) is 11.4. The van der Waals surface area contributed by atoms with Crippen LogP contribution in [0.4, 0.5) is 0 Å². The van der Waals surface area contributed by atoms with Crippen molar-refractivity contribution in [2.24, 2.45) is 5.92 Å². The zero-order valence-corrected chi connectivity index (χ0v) is 14.6. The third-order valence-electron chi connectivity index (χ3n) is 3.64. The van der Waals surface area contributed by atoms with Crippen molar-refractivity contribution in [2.75, 3.05) is 19.7 Å². The van der Waals surface area contributed by atoms with Gasteiger partial charge in [-0.05, 0) is 31.0 Å². The van der Waals surface area contributed by atoms with E-state index in [1.807, 2.05) is 30.3 Å². The summed E-state index contributed by atoms with van der Waals surface area (Å²) in [5.41, 5.74) is 0.978. The van der Waals surface area contributed by atoms with E-state index < -0.39 is 17.7 Å². The van der Waals surface area contributed by atoms with E-state index in [9.17, 15) is 14.4 Å². The Morgan fingerprint density at radius 2 is 1.85 bits per heavy atom. The second-order valence-electron chi connectivity index (χ2n) is 5.60. The third kappa shape index (κ3) is 6.08. The van der Waals surface area contributed by atoms with Crippen LogP contribution in [-0.4, -0.2) is 37.5 Å². The summed E-state index contributed by atoms with van der Waals surface area (Å²) < 4.78 is 10.0. The third-order valence-corrected chi connectivity index (χ3v) is 3.64. The molecule has 0 saturated heterocycles. The summed E-state index contributed by atoms with van der Waals surface area (Å²) in [6, 6.07) is 12.6. The van der Waals surface area contributed by atoms with Crippen molar-refractivity contribution in [3.8, 4) is 0 Å². The molecular formula is C19H22N2O5. The van der Waals surface area contributed by atoms with Gasteiger partial charge in [0.1, 0.15) is 0 Å². The molecule has 0 unspecified atom stereocenters. The molecule has 0 bridgehead atoms. The Morgan fingerprint density at radius 3 is 2.50 bits per heavy atom. The molecule has 1 heterocycles. The van der Waals surface area contributed by atoms with Gasteiger partial charge in [0.2, 0.25) is 5.91 Å². The van der Waals surface area contributed by atoms with E-state index in [1.54, 1.807) is 13.0 Å². The van der Waals surface area contributed by atoms with Gasteiger partial charge >= 0.3 is 5.97 Å². The Labute approximate surface area is 151 Å². The highest BCUT2D eigenvalue weighted by atomic mass is 16.5. The number of amides is 2. The van der Waals surface area contributed by atoms with Gasteiger partial charge in [0.25, 0.3) is 5.91 Å². The van der Waals surface area contributed by atoms with Gasteiger partial charge in [-0.25, -0.2) is 0 Å². The average molecular weight is 358 g/mol. The predicted octanol–water partition coefficient (Wildman–Crippen LogP) is 1.55. The van der Waals surface area contributed by atoms with Gasteiger partial charge in [-0.1, -0.05) is 30.3 Å². The number of nitrogens with one attached hydrogen (secondary N) is 2. The van der Waals surface area contributed by atoms with Crippen molar-refractivity contribution in [1.29, 1.82) is 0 Å². The lowest BCUT2D eigenvalue weighted by Gasteiger charge is -2.16. The quantitative estimate of drug-likeness (QED) is 0.663. The van der Waals surface area contributed by atoms with Crippen molar-refractivity contribution < 1.29 is 23.5 Å². The summed E-state index contributed by atoms with van der Waals surface area (Å²) in [7, 11) is 0. The zero-order chi connectivity index (χ0) is 18.8. The number of carbonyl (C=O) groups is 3. The standard InChI is InChI=1S/C19H22N2O5/c1-2-25-19(24)15(11-14-7-4-3-5-8-14)12-20-17(22)13-21-18(23)16-9-6-10-26-16/h3-10,15H,2,11-13H2,1H3,(H,20,22)(H,21,23)/t15-/m0/s1. The first-order chi connectivity index (χ1) is 12.6. The molecule has 0 aliphatic carbocycles. The van der Waals surface area contributed by atoms with Crippen molar-refractivity contribution in [3.63, 3.8) is 0 Å². The SMILES string of the molecule is CCOC(=O)[C@H](CNC(=O)CNC(=O)c1ccco1)Cc1ccccc1. The fourth-order valence-electron chi connectivity index (χ4n) is 2.35. The number of esters is 1. The predicted molar refractivity (Wildman–Crippen MR) is 94.3 cm³/mol. The molecule has 0 spiro atoms. The van der Waals surface area contributed by atoms with E-state index in [1.165, 1.54) is 12.3 Å². The van der Waals surface area contributed by atoms with Crippen molar-refractivity contribution in [2.45, 2.75) is 13.3 Å². The molecule has 138 valence electrons. The van der Waals surface area contributed by atoms with Crippen LogP contribution in [0.2, 0.25) is 0 Å². The minimum atomic E-state index is -0.498. The van der Waals surface area contributed by atoms with Crippen LogP contribution in [0.3, 0.4) is 0 Å². The van der Waals surface area contributed by atoms with E-state index >= 15 is 0 Å². The number of hydrogen-bond donors (Lipinski definition) is 2. The molecule has 1 aromatic heterocycles. The molecule has 7 nitrogen and oxygen atoms in total. The maximum absolute atomic E-state index is 12.1. The summed E-state index contributed by atoms with van der Waals surface area (Å²) in [6.07, 6.45) is 1.83. The molecule has 0 aliphatic heterocycles.